The summed E-state index contributed by atoms with van der Waals surface area (Å²) < 4.78 is 4.68. The van der Waals surface area contributed by atoms with Gasteiger partial charge in [0.2, 0.25) is 18.1 Å². The molecule has 8 heteroatoms. The van der Waals surface area contributed by atoms with E-state index >= 15 is 0 Å². The molecule has 1 aromatic heterocycles. The van der Waals surface area contributed by atoms with Crippen LogP contribution in [0.15, 0.2) is 53.4 Å². The van der Waals surface area contributed by atoms with Gasteiger partial charge in [-0.05, 0) is 30.3 Å². The number of benzene rings is 2. The molecule has 2 amide bonds. The van der Waals surface area contributed by atoms with Gasteiger partial charge in [0.15, 0.2) is 0 Å². The normalized spacial score (nSPS) is 10.4. The van der Waals surface area contributed by atoms with Crippen LogP contribution in [-0.2, 0) is 0 Å². The Balaban J connectivity index is 1.78. The third kappa shape index (κ3) is 3.26. The number of halogens is 1. The Morgan fingerprint density at radius 1 is 1.12 bits per heavy atom. The summed E-state index contributed by atoms with van der Waals surface area (Å²) in [6.45, 7) is 0. The molecule has 3 rings (SSSR count). The summed E-state index contributed by atoms with van der Waals surface area (Å²) in [4.78, 5) is 27.5. The summed E-state index contributed by atoms with van der Waals surface area (Å²) in [6.07, 6.45) is 1.23. The van der Waals surface area contributed by atoms with Gasteiger partial charge in [-0.1, -0.05) is 28.9 Å². The quantitative estimate of drug-likeness (QED) is 0.757. The molecule has 0 fully saturated rings. The maximum atomic E-state index is 12.3. The fourth-order valence-electron chi connectivity index (χ4n) is 2.06. The van der Waals surface area contributed by atoms with Gasteiger partial charge in [0.1, 0.15) is 0 Å². The SMILES string of the molecule is NC(=O)c1cc(NC(=O)c2ccc(-c3ncon3)cc2)ccc1Cl. The highest BCUT2D eigenvalue weighted by molar-refractivity contribution is 6.34. The van der Waals surface area contributed by atoms with Crippen LogP contribution < -0.4 is 11.1 Å². The predicted molar refractivity (Wildman–Crippen MR) is 87.7 cm³/mol. The number of nitrogens with zero attached hydrogens (tertiary/aromatic N) is 2. The highest BCUT2D eigenvalue weighted by Gasteiger charge is 2.11. The fourth-order valence-corrected chi connectivity index (χ4v) is 2.27. The van der Waals surface area contributed by atoms with Crippen molar-refractivity contribution < 1.29 is 14.1 Å². The van der Waals surface area contributed by atoms with Crippen LogP contribution in [-0.4, -0.2) is 22.0 Å². The number of hydrogen-bond donors (Lipinski definition) is 2. The number of carbonyl (C=O) groups excluding carboxylic acids is 2. The number of nitrogens with one attached hydrogen (secondary N) is 1. The lowest BCUT2D eigenvalue weighted by Gasteiger charge is -2.08. The van der Waals surface area contributed by atoms with Gasteiger partial charge >= 0.3 is 0 Å². The summed E-state index contributed by atoms with van der Waals surface area (Å²) in [5.41, 5.74) is 6.94. The number of rotatable bonds is 4. The van der Waals surface area contributed by atoms with Crippen molar-refractivity contribution in [2.75, 3.05) is 5.32 Å². The zero-order chi connectivity index (χ0) is 17.1. The zero-order valence-corrected chi connectivity index (χ0v) is 12.9. The maximum Gasteiger partial charge on any atom is 0.255 e. The van der Waals surface area contributed by atoms with Gasteiger partial charge in [0.05, 0.1) is 10.6 Å². The van der Waals surface area contributed by atoms with Crippen LogP contribution in [0.5, 0.6) is 0 Å². The van der Waals surface area contributed by atoms with Crippen molar-refractivity contribution in [1.82, 2.24) is 10.1 Å². The molecule has 24 heavy (non-hydrogen) atoms. The van der Waals surface area contributed by atoms with E-state index in [1.807, 2.05) is 0 Å². The molecule has 0 bridgehead atoms. The third-order valence-electron chi connectivity index (χ3n) is 3.26. The van der Waals surface area contributed by atoms with Crippen molar-refractivity contribution in [3.05, 3.63) is 65.0 Å². The van der Waals surface area contributed by atoms with Crippen molar-refractivity contribution in [2.24, 2.45) is 5.73 Å². The number of nitrogens with two attached hydrogens (primary N) is 1. The molecule has 0 aliphatic carbocycles. The maximum absolute atomic E-state index is 12.3. The minimum absolute atomic E-state index is 0.141. The molecule has 0 radical (unpaired) electrons. The zero-order valence-electron chi connectivity index (χ0n) is 12.2. The predicted octanol–water partition coefficient (Wildman–Crippen LogP) is 2.74. The van der Waals surface area contributed by atoms with Crippen LogP contribution in [0.25, 0.3) is 11.4 Å². The number of anilines is 1. The first kappa shape index (κ1) is 15.7. The molecular formula is C16H11ClN4O3. The third-order valence-corrected chi connectivity index (χ3v) is 3.59. The summed E-state index contributed by atoms with van der Waals surface area (Å²) in [5, 5.41) is 6.63. The Hall–Kier alpha value is -3.19. The molecule has 0 atom stereocenters. The molecule has 0 aliphatic heterocycles. The van der Waals surface area contributed by atoms with Gasteiger partial charge in [0.25, 0.3) is 5.91 Å². The number of primary amides is 1. The van der Waals surface area contributed by atoms with Gasteiger partial charge in [-0.15, -0.1) is 0 Å². The Labute approximate surface area is 141 Å². The Kier molecular flexibility index (Phi) is 4.26. The Morgan fingerprint density at radius 3 is 2.50 bits per heavy atom. The molecule has 7 nitrogen and oxygen atoms in total. The standard InChI is InChI=1S/C16H11ClN4O3/c17-13-6-5-11(7-12(13)14(18)22)20-16(23)10-3-1-9(2-4-10)15-19-8-24-21-15/h1-8H,(H2,18,22)(H,20,23). The van der Waals surface area contributed by atoms with Crippen molar-refractivity contribution in [1.29, 1.82) is 0 Å². The van der Waals surface area contributed by atoms with Crippen molar-refractivity contribution >= 4 is 29.1 Å². The lowest BCUT2D eigenvalue weighted by molar-refractivity contribution is 0.0996. The smallest absolute Gasteiger partial charge is 0.255 e. The Morgan fingerprint density at radius 2 is 1.88 bits per heavy atom. The average Bonchev–Trinajstić information content (AvgIpc) is 3.11. The summed E-state index contributed by atoms with van der Waals surface area (Å²) in [5.74, 6) is -0.571. The molecule has 0 unspecified atom stereocenters. The van der Waals surface area contributed by atoms with Crippen molar-refractivity contribution in [3.8, 4) is 11.4 Å². The molecule has 3 aromatic rings. The lowest BCUT2D eigenvalue weighted by Crippen LogP contribution is -2.15. The second kappa shape index (κ2) is 6.51. The summed E-state index contributed by atoms with van der Waals surface area (Å²) >= 11 is 5.88. The van der Waals surface area contributed by atoms with E-state index in [-0.39, 0.29) is 16.5 Å². The van der Waals surface area contributed by atoms with Gasteiger partial charge in [-0.3, -0.25) is 9.59 Å². The molecule has 1 heterocycles. The van der Waals surface area contributed by atoms with E-state index in [0.717, 1.165) is 5.56 Å². The molecule has 120 valence electrons. The van der Waals surface area contributed by atoms with Gasteiger partial charge in [0, 0.05) is 16.8 Å². The van der Waals surface area contributed by atoms with Crippen LogP contribution in [0.2, 0.25) is 5.02 Å². The average molecular weight is 343 g/mol. The second-order valence-corrected chi connectivity index (χ2v) is 5.25. The van der Waals surface area contributed by atoms with Crippen molar-refractivity contribution in [2.45, 2.75) is 0 Å². The number of hydrogen-bond acceptors (Lipinski definition) is 5. The highest BCUT2D eigenvalue weighted by atomic mass is 35.5. The molecule has 0 saturated heterocycles. The van der Waals surface area contributed by atoms with Crippen LogP contribution in [0, 0.1) is 0 Å². The van der Waals surface area contributed by atoms with Crippen LogP contribution >= 0.6 is 11.6 Å². The first-order valence-electron chi connectivity index (χ1n) is 6.82. The van der Waals surface area contributed by atoms with E-state index in [1.165, 1.54) is 18.5 Å². The van der Waals surface area contributed by atoms with E-state index in [4.69, 9.17) is 17.3 Å². The van der Waals surface area contributed by atoms with E-state index in [2.05, 4.69) is 20.0 Å². The van der Waals surface area contributed by atoms with Gasteiger partial charge in [-0.25, -0.2) is 0 Å². The van der Waals surface area contributed by atoms with E-state index in [9.17, 15) is 9.59 Å². The van der Waals surface area contributed by atoms with Gasteiger partial charge < -0.3 is 15.6 Å². The molecule has 2 aromatic carbocycles. The van der Waals surface area contributed by atoms with E-state index in [0.29, 0.717) is 17.1 Å². The molecule has 0 aliphatic rings. The summed E-state index contributed by atoms with van der Waals surface area (Å²) in [7, 11) is 0. The number of carbonyl (C=O) groups is 2. The largest absolute Gasteiger partial charge is 0.366 e. The van der Waals surface area contributed by atoms with Crippen molar-refractivity contribution in [3.63, 3.8) is 0 Å². The second-order valence-electron chi connectivity index (χ2n) is 4.85. The minimum Gasteiger partial charge on any atom is -0.366 e. The minimum atomic E-state index is -0.666. The Bertz CT molecular complexity index is 892. The molecule has 3 N–H and O–H groups in total. The van der Waals surface area contributed by atoms with Crippen LogP contribution in [0.1, 0.15) is 20.7 Å². The van der Waals surface area contributed by atoms with Crippen LogP contribution in [0.4, 0.5) is 5.69 Å². The topological polar surface area (TPSA) is 111 Å². The van der Waals surface area contributed by atoms with Gasteiger partial charge in [-0.2, -0.15) is 4.98 Å². The summed E-state index contributed by atoms with van der Waals surface area (Å²) in [6, 6.07) is 11.2. The first-order chi connectivity index (χ1) is 11.5. The molecule has 0 saturated carbocycles. The molecule has 0 spiro atoms. The number of aromatic nitrogens is 2. The lowest BCUT2D eigenvalue weighted by atomic mass is 10.1. The number of amides is 2. The van der Waals surface area contributed by atoms with E-state index < -0.39 is 5.91 Å². The monoisotopic (exact) mass is 342 g/mol. The highest BCUT2D eigenvalue weighted by Crippen LogP contribution is 2.21. The molecular weight excluding hydrogens is 332 g/mol. The van der Waals surface area contributed by atoms with Crippen LogP contribution in [0.3, 0.4) is 0 Å². The fraction of sp³-hybridized carbons (Fsp3) is 0. The first-order valence-corrected chi connectivity index (χ1v) is 7.20. The van der Waals surface area contributed by atoms with E-state index in [1.54, 1.807) is 30.3 Å².